The van der Waals surface area contributed by atoms with Crippen LogP contribution in [0.2, 0.25) is 0 Å². The Bertz CT molecular complexity index is 1510. The van der Waals surface area contributed by atoms with Gasteiger partial charge in [-0.15, -0.1) is 0 Å². The maximum absolute atomic E-state index is 13.7. The fraction of sp³-hybridized carbons (Fsp3) is 0.367. The third-order valence-electron chi connectivity index (χ3n) is 7.19. The van der Waals surface area contributed by atoms with Crippen molar-refractivity contribution in [2.45, 2.75) is 39.7 Å². The molecule has 3 aromatic carbocycles. The van der Waals surface area contributed by atoms with Crippen LogP contribution in [0, 0.1) is 0 Å². The van der Waals surface area contributed by atoms with Gasteiger partial charge in [0.15, 0.2) is 5.43 Å². The molecule has 1 N–H and O–H groups in total. The Balaban J connectivity index is 1.66. The summed E-state index contributed by atoms with van der Waals surface area (Å²) in [5.41, 5.74) is 3.48. The molecule has 5 rings (SSSR count). The van der Waals surface area contributed by atoms with Crippen LogP contribution < -0.4 is 15.5 Å². The summed E-state index contributed by atoms with van der Waals surface area (Å²) >= 11 is 0. The van der Waals surface area contributed by atoms with Crippen LogP contribution in [0.4, 0.5) is 0 Å². The van der Waals surface area contributed by atoms with E-state index in [2.05, 4.69) is 73.8 Å². The van der Waals surface area contributed by atoms with Crippen LogP contribution in [0.3, 0.4) is 0 Å². The molecule has 0 aliphatic carbocycles. The predicted octanol–water partition coefficient (Wildman–Crippen LogP) is 5.68. The summed E-state index contributed by atoms with van der Waals surface area (Å²) < 4.78 is 8.53. The van der Waals surface area contributed by atoms with Crippen LogP contribution in [-0.2, 0) is 7.05 Å². The zero-order chi connectivity index (χ0) is 24.7. The molecule has 0 saturated carbocycles. The molecule has 1 aromatic heterocycles. The summed E-state index contributed by atoms with van der Waals surface area (Å²) in [5, 5.41) is 7.36. The highest BCUT2D eigenvalue weighted by Crippen LogP contribution is 2.39. The second-order valence-corrected chi connectivity index (χ2v) is 10.0. The molecular formula is C30H35N3O2. The van der Waals surface area contributed by atoms with Gasteiger partial charge in [-0.1, -0.05) is 38.1 Å². The number of aromatic nitrogens is 1. The first-order valence-corrected chi connectivity index (χ1v) is 12.7. The molecule has 1 aliphatic rings. The van der Waals surface area contributed by atoms with E-state index in [0.29, 0.717) is 5.39 Å². The van der Waals surface area contributed by atoms with E-state index in [1.165, 1.54) is 0 Å². The molecule has 0 spiro atoms. The van der Waals surface area contributed by atoms with Crippen LogP contribution in [0.5, 0.6) is 5.75 Å². The van der Waals surface area contributed by atoms with Gasteiger partial charge in [0.1, 0.15) is 11.4 Å². The van der Waals surface area contributed by atoms with Crippen molar-refractivity contribution in [3.05, 3.63) is 70.4 Å². The minimum absolute atomic E-state index is 0.0624. The van der Waals surface area contributed by atoms with Crippen molar-refractivity contribution in [3.8, 4) is 5.75 Å². The van der Waals surface area contributed by atoms with E-state index in [1.54, 1.807) is 0 Å². The quantitative estimate of drug-likeness (QED) is 0.279. The van der Waals surface area contributed by atoms with Gasteiger partial charge in [0.05, 0.1) is 16.6 Å². The van der Waals surface area contributed by atoms with E-state index in [9.17, 15) is 4.79 Å². The Morgan fingerprint density at radius 1 is 1.00 bits per heavy atom. The van der Waals surface area contributed by atoms with Gasteiger partial charge in [0.25, 0.3) is 0 Å². The molecule has 35 heavy (non-hydrogen) atoms. The van der Waals surface area contributed by atoms with Crippen molar-refractivity contribution in [3.63, 3.8) is 0 Å². The topological polar surface area (TPSA) is 46.5 Å². The third-order valence-corrected chi connectivity index (χ3v) is 7.19. The molecule has 5 nitrogen and oxygen atoms in total. The van der Waals surface area contributed by atoms with E-state index in [0.717, 1.165) is 76.8 Å². The van der Waals surface area contributed by atoms with Crippen molar-refractivity contribution >= 4 is 38.3 Å². The first-order valence-electron chi connectivity index (χ1n) is 12.7. The lowest BCUT2D eigenvalue weighted by Crippen LogP contribution is -2.33. The van der Waals surface area contributed by atoms with Crippen LogP contribution in [0.1, 0.15) is 39.7 Å². The van der Waals surface area contributed by atoms with Crippen LogP contribution in [-0.4, -0.2) is 41.2 Å². The number of pyridine rings is 1. The highest BCUT2D eigenvalue weighted by Gasteiger charge is 2.29. The third kappa shape index (κ3) is 4.19. The molecule has 0 bridgehead atoms. The largest absolute Gasteiger partial charge is 0.483 e. The van der Waals surface area contributed by atoms with Crippen LogP contribution in [0.15, 0.2) is 59.4 Å². The summed E-state index contributed by atoms with van der Waals surface area (Å²) in [6.07, 6.45) is 3.20. The smallest absolute Gasteiger partial charge is 0.197 e. The zero-order valence-corrected chi connectivity index (χ0v) is 21.4. The molecule has 4 aromatic rings. The van der Waals surface area contributed by atoms with Crippen molar-refractivity contribution in [1.29, 1.82) is 0 Å². The van der Waals surface area contributed by atoms with E-state index >= 15 is 0 Å². The number of hydrogen-bond donors (Lipinski definition) is 1. The molecule has 0 unspecified atom stereocenters. The number of aryl methyl sites for hydroxylation is 1. The van der Waals surface area contributed by atoms with Gasteiger partial charge in [-0.2, -0.15) is 0 Å². The number of rotatable bonds is 7. The van der Waals surface area contributed by atoms with Crippen molar-refractivity contribution < 1.29 is 4.74 Å². The summed E-state index contributed by atoms with van der Waals surface area (Å²) in [7, 11) is 2.05. The van der Waals surface area contributed by atoms with Crippen LogP contribution >= 0.6 is 0 Å². The van der Waals surface area contributed by atoms with Crippen molar-refractivity contribution in [2.24, 2.45) is 7.05 Å². The minimum atomic E-state index is -0.437. The first-order chi connectivity index (χ1) is 16.8. The summed E-state index contributed by atoms with van der Waals surface area (Å²) in [5.74, 6) is 0.811. The molecular weight excluding hydrogens is 434 g/mol. The molecule has 2 heterocycles. The number of benzene rings is 3. The Hall–Kier alpha value is -3.31. The molecule has 0 amide bonds. The van der Waals surface area contributed by atoms with Crippen molar-refractivity contribution in [2.75, 3.05) is 26.2 Å². The van der Waals surface area contributed by atoms with Crippen LogP contribution in [0.25, 0.3) is 38.3 Å². The zero-order valence-electron chi connectivity index (χ0n) is 21.4. The van der Waals surface area contributed by atoms with E-state index in [1.807, 2.05) is 30.3 Å². The molecule has 0 fully saturated rings. The second kappa shape index (κ2) is 9.04. The Labute approximate surface area is 207 Å². The average molecular weight is 470 g/mol. The van der Waals surface area contributed by atoms with Gasteiger partial charge in [-0.05, 0) is 81.0 Å². The molecule has 0 atom stereocenters. The maximum Gasteiger partial charge on any atom is 0.197 e. The highest BCUT2D eigenvalue weighted by molar-refractivity contribution is 6.04. The lowest BCUT2D eigenvalue weighted by atomic mass is 9.95. The average Bonchev–Trinajstić information content (AvgIpc) is 2.85. The van der Waals surface area contributed by atoms with Gasteiger partial charge < -0.3 is 19.5 Å². The molecule has 5 heteroatoms. The first kappa shape index (κ1) is 23.4. The monoisotopic (exact) mass is 469 g/mol. The predicted molar refractivity (Wildman–Crippen MR) is 147 cm³/mol. The number of fused-ring (bicyclic) bond motifs is 5. The van der Waals surface area contributed by atoms with Gasteiger partial charge in [0, 0.05) is 30.1 Å². The van der Waals surface area contributed by atoms with Crippen molar-refractivity contribution in [1.82, 2.24) is 14.8 Å². The Morgan fingerprint density at radius 3 is 2.43 bits per heavy atom. The summed E-state index contributed by atoms with van der Waals surface area (Å²) in [4.78, 5) is 16.1. The fourth-order valence-electron chi connectivity index (χ4n) is 5.34. The molecule has 1 aliphatic heterocycles. The van der Waals surface area contributed by atoms with Gasteiger partial charge >= 0.3 is 0 Å². The second-order valence-electron chi connectivity index (χ2n) is 10.0. The van der Waals surface area contributed by atoms with E-state index in [-0.39, 0.29) is 5.43 Å². The summed E-state index contributed by atoms with van der Waals surface area (Å²) in [6, 6.07) is 16.2. The number of ether oxygens (including phenoxy) is 1. The SMILES string of the molecule is CCN(CC)CCCNC1=CC(C)(C)Oc2ccc3c(=O)c4cc5ccccc5cc4n(C)c3c21. The number of nitrogens with zero attached hydrogens (tertiary/aromatic N) is 2. The maximum atomic E-state index is 13.7. The fourth-order valence-corrected chi connectivity index (χ4v) is 5.34. The molecule has 0 saturated heterocycles. The number of nitrogens with one attached hydrogen (secondary N) is 1. The summed E-state index contributed by atoms with van der Waals surface area (Å²) in [6.45, 7) is 12.6. The van der Waals surface area contributed by atoms with Gasteiger partial charge in [-0.25, -0.2) is 0 Å². The Morgan fingerprint density at radius 2 is 1.71 bits per heavy atom. The molecule has 0 radical (unpaired) electrons. The van der Waals surface area contributed by atoms with Gasteiger partial charge in [-0.3, -0.25) is 4.79 Å². The highest BCUT2D eigenvalue weighted by atomic mass is 16.5. The minimum Gasteiger partial charge on any atom is -0.483 e. The van der Waals surface area contributed by atoms with Gasteiger partial charge in [0.2, 0.25) is 0 Å². The van der Waals surface area contributed by atoms with E-state index < -0.39 is 5.60 Å². The Kier molecular flexibility index (Phi) is 6.06. The normalized spacial score (nSPS) is 14.9. The van der Waals surface area contributed by atoms with E-state index in [4.69, 9.17) is 4.74 Å². The lowest BCUT2D eigenvalue weighted by Gasteiger charge is -2.33. The lowest BCUT2D eigenvalue weighted by molar-refractivity contribution is 0.157. The standard InChI is InChI=1S/C30H35N3O2/c1-6-33(7-2)16-10-15-31-24-19-30(3,4)35-26-14-13-22-28(27(24)26)32(5)25-18-21-12-9-8-11-20(21)17-23(25)29(22)34/h8-9,11-14,17-19,31H,6-7,10,15-16H2,1-5H3. The number of hydrogen-bond acceptors (Lipinski definition) is 4. The molecule has 182 valence electrons.